The van der Waals surface area contributed by atoms with Crippen LogP contribution in [0.4, 0.5) is 0 Å². The van der Waals surface area contributed by atoms with E-state index in [9.17, 15) is 4.79 Å². The van der Waals surface area contributed by atoms with Crippen molar-refractivity contribution in [2.45, 2.75) is 58.1 Å². The fourth-order valence-electron chi connectivity index (χ4n) is 3.67. The standard InChI is InChI=1S/C17H24N2O2/c1-3-21-15-10-14(17(15)7-4-8-17)19-16(20)9-13-6-5-12(2)18-11-13/h5-6,11,14-15H,3-4,7-10H2,1-2H3,(H,19,20)/t14-,15-/m1/s1. The Bertz CT molecular complexity index is 508. The predicted octanol–water partition coefficient (Wildman–Crippen LogP) is 2.40. The Balaban J connectivity index is 1.55. The summed E-state index contributed by atoms with van der Waals surface area (Å²) in [6.07, 6.45) is 7.16. The van der Waals surface area contributed by atoms with Gasteiger partial charge in [0.2, 0.25) is 5.91 Å². The van der Waals surface area contributed by atoms with E-state index in [1.807, 2.05) is 26.0 Å². The van der Waals surface area contributed by atoms with Crippen molar-refractivity contribution >= 4 is 5.91 Å². The van der Waals surface area contributed by atoms with Crippen molar-refractivity contribution in [2.24, 2.45) is 5.41 Å². The summed E-state index contributed by atoms with van der Waals surface area (Å²) in [5, 5.41) is 3.21. The smallest absolute Gasteiger partial charge is 0.224 e. The van der Waals surface area contributed by atoms with Crippen LogP contribution in [0.15, 0.2) is 18.3 Å². The molecule has 0 radical (unpaired) electrons. The number of rotatable bonds is 5. The Morgan fingerprint density at radius 3 is 2.86 bits per heavy atom. The summed E-state index contributed by atoms with van der Waals surface area (Å²) in [5.74, 6) is 0.104. The molecule has 2 fully saturated rings. The maximum Gasteiger partial charge on any atom is 0.224 e. The first-order valence-electron chi connectivity index (χ1n) is 7.96. The molecule has 2 aliphatic carbocycles. The lowest BCUT2D eigenvalue weighted by Crippen LogP contribution is -2.67. The lowest BCUT2D eigenvalue weighted by molar-refractivity contribution is -0.175. The maximum absolute atomic E-state index is 12.2. The highest BCUT2D eigenvalue weighted by atomic mass is 16.5. The first-order valence-corrected chi connectivity index (χ1v) is 7.96. The van der Waals surface area contributed by atoms with Crippen molar-refractivity contribution in [3.05, 3.63) is 29.6 Å². The summed E-state index contributed by atoms with van der Waals surface area (Å²) in [6, 6.07) is 4.23. The van der Waals surface area contributed by atoms with Gasteiger partial charge in [0.05, 0.1) is 12.5 Å². The van der Waals surface area contributed by atoms with Gasteiger partial charge in [0, 0.05) is 30.0 Å². The number of pyridine rings is 1. The van der Waals surface area contributed by atoms with E-state index in [2.05, 4.69) is 10.3 Å². The van der Waals surface area contributed by atoms with Gasteiger partial charge >= 0.3 is 0 Å². The maximum atomic E-state index is 12.2. The second-order valence-corrected chi connectivity index (χ2v) is 6.37. The number of amides is 1. The summed E-state index contributed by atoms with van der Waals surface area (Å²) < 4.78 is 5.82. The molecule has 3 rings (SSSR count). The minimum absolute atomic E-state index is 0.104. The van der Waals surface area contributed by atoms with Gasteiger partial charge in [-0.1, -0.05) is 12.5 Å². The summed E-state index contributed by atoms with van der Waals surface area (Å²) >= 11 is 0. The molecule has 0 saturated heterocycles. The average molecular weight is 288 g/mol. The molecule has 2 aliphatic rings. The number of nitrogens with zero attached hydrogens (tertiary/aromatic N) is 1. The van der Waals surface area contributed by atoms with E-state index in [-0.39, 0.29) is 11.3 Å². The zero-order valence-corrected chi connectivity index (χ0v) is 12.9. The summed E-state index contributed by atoms with van der Waals surface area (Å²) in [4.78, 5) is 16.5. The van der Waals surface area contributed by atoms with Crippen LogP contribution in [0.1, 0.15) is 43.9 Å². The van der Waals surface area contributed by atoms with Crippen molar-refractivity contribution in [1.29, 1.82) is 0 Å². The molecule has 4 nitrogen and oxygen atoms in total. The van der Waals surface area contributed by atoms with Crippen LogP contribution >= 0.6 is 0 Å². The molecule has 1 aromatic heterocycles. The van der Waals surface area contributed by atoms with Crippen molar-refractivity contribution in [2.75, 3.05) is 6.61 Å². The lowest BCUT2D eigenvalue weighted by Gasteiger charge is -2.61. The molecular formula is C17H24N2O2. The van der Waals surface area contributed by atoms with Crippen LogP contribution in [-0.2, 0) is 16.0 Å². The Morgan fingerprint density at radius 2 is 2.29 bits per heavy atom. The van der Waals surface area contributed by atoms with Crippen LogP contribution in [-0.4, -0.2) is 29.6 Å². The molecule has 2 saturated carbocycles. The third kappa shape index (κ3) is 2.69. The number of hydrogen-bond acceptors (Lipinski definition) is 3. The topological polar surface area (TPSA) is 51.2 Å². The quantitative estimate of drug-likeness (QED) is 0.905. The monoisotopic (exact) mass is 288 g/mol. The first kappa shape index (κ1) is 14.5. The minimum atomic E-state index is 0.104. The van der Waals surface area contributed by atoms with Gasteiger partial charge in [0.1, 0.15) is 0 Å². The first-order chi connectivity index (χ1) is 10.1. The summed E-state index contributed by atoms with van der Waals surface area (Å²) in [7, 11) is 0. The molecule has 1 aromatic rings. The van der Waals surface area contributed by atoms with Crippen molar-refractivity contribution in [1.82, 2.24) is 10.3 Å². The van der Waals surface area contributed by atoms with Gasteiger partial charge in [-0.05, 0) is 44.7 Å². The van der Waals surface area contributed by atoms with E-state index in [1.165, 1.54) is 19.3 Å². The molecular weight excluding hydrogens is 264 g/mol. The number of nitrogens with one attached hydrogen (secondary N) is 1. The molecule has 0 aliphatic heterocycles. The van der Waals surface area contributed by atoms with Crippen LogP contribution in [0.25, 0.3) is 0 Å². The molecule has 1 amide bonds. The van der Waals surface area contributed by atoms with E-state index < -0.39 is 0 Å². The molecule has 1 spiro atoms. The number of carbonyl (C=O) groups is 1. The van der Waals surface area contributed by atoms with Crippen LogP contribution in [0, 0.1) is 12.3 Å². The average Bonchev–Trinajstić information content (AvgIpc) is 2.38. The fourth-order valence-corrected chi connectivity index (χ4v) is 3.67. The van der Waals surface area contributed by atoms with Gasteiger partial charge < -0.3 is 10.1 Å². The SMILES string of the molecule is CCO[C@@H]1C[C@@H](NC(=O)Cc2ccc(C)nc2)C12CCC2. The molecule has 2 atom stereocenters. The van der Waals surface area contributed by atoms with Gasteiger partial charge in [-0.3, -0.25) is 9.78 Å². The number of hydrogen-bond donors (Lipinski definition) is 1. The van der Waals surface area contributed by atoms with E-state index >= 15 is 0 Å². The van der Waals surface area contributed by atoms with Gasteiger partial charge in [0.15, 0.2) is 0 Å². The third-order valence-corrected chi connectivity index (χ3v) is 5.11. The summed E-state index contributed by atoms with van der Waals surface area (Å²) in [6.45, 7) is 4.76. The van der Waals surface area contributed by atoms with Crippen molar-refractivity contribution in [3.8, 4) is 0 Å². The molecule has 0 unspecified atom stereocenters. The Hall–Kier alpha value is -1.42. The molecule has 21 heavy (non-hydrogen) atoms. The Morgan fingerprint density at radius 1 is 1.48 bits per heavy atom. The van der Waals surface area contributed by atoms with E-state index in [1.54, 1.807) is 6.20 Å². The second kappa shape index (κ2) is 5.76. The van der Waals surface area contributed by atoms with Crippen LogP contribution in [0.3, 0.4) is 0 Å². The number of ether oxygens (including phenoxy) is 1. The minimum Gasteiger partial charge on any atom is -0.378 e. The fraction of sp³-hybridized carbons (Fsp3) is 0.647. The second-order valence-electron chi connectivity index (χ2n) is 6.37. The number of aromatic nitrogens is 1. The largest absolute Gasteiger partial charge is 0.378 e. The van der Waals surface area contributed by atoms with Crippen LogP contribution in [0.2, 0.25) is 0 Å². The van der Waals surface area contributed by atoms with Gasteiger partial charge in [-0.15, -0.1) is 0 Å². The van der Waals surface area contributed by atoms with Crippen molar-refractivity contribution in [3.63, 3.8) is 0 Å². The zero-order valence-electron chi connectivity index (χ0n) is 12.9. The van der Waals surface area contributed by atoms with Crippen LogP contribution in [0.5, 0.6) is 0 Å². The van der Waals surface area contributed by atoms with Crippen LogP contribution < -0.4 is 5.32 Å². The summed E-state index contributed by atoms with van der Waals surface area (Å²) in [5.41, 5.74) is 2.18. The Kier molecular flexibility index (Phi) is 3.98. The lowest BCUT2D eigenvalue weighted by atomic mass is 9.51. The Labute approximate surface area is 126 Å². The highest BCUT2D eigenvalue weighted by Gasteiger charge is 2.59. The molecule has 114 valence electrons. The highest BCUT2D eigenvalue weighted by Crippen LogP contribution is 2.57. The van der Waals surface area contributed by atoms with E-state index in [0.717, 1.165) is 24.3 Å². The highest BCUT2D eigenvalue weighted by molar-refractivity contribution is 5.79. The predicted molar refractivity (Wildman–Crippen MR) is 80.9 cm³/mol. The van der Waals surface area contributed by atoms with E-state index in [4.69, 9.17) is 4.74 Å². The molecule has 0 aromatic carbocycles. The number of aryl methyl sites for hydroxylation is 1. The molecule has 4 heteroatoms. The van der Waals surface area contributed by atoms with E-state index in [0.29, 0.717) is 18.6 Å². The van der Waals surface area contributed by atoms with Gasteiger partial charge in [0.25, 0.3) is 0 Å². The molecule has 1 heterocycles. The van der Waals surface area contributed by atoms with Gasteiger partial charge in [-0.25, -0.2) is 0 Å². The zero-order chi connectivity index (χ0) is 14.9. The third-order valence-electron chi connectivity index (χ3n) is 5.11. The van der Waals surface area contributed by atoms with Gasteiger partial charge in [-0.2, -0.15) is 0 Å². The molecule has 1 N–H and O–H groups in total. The number of carbonyl (C=O) groups excluding carboxylic acids is 1. The van der Waals surface area contributed by atoms with Crippen molar-refractivity contribution < 1.29 is 9.53 Å². The molecule has 0 bridgehead atoms. The normalized spacial score (nSPS) is 26.0.